The molecule has 1 aromatic heterocycles. The Hall–Kier alpha value is -3.11. The summed E-state index contributed by atoms with van der Waals surface area (Å²) in [6.45, 7) is 4.87. The molecule has 1 amide bonds. The van der Waals surface area contributed by atoms with Gasteiger partial charge >= 0.3 is 0 Å². The van der Waals surface area contributed by atoms with Gasteiger partial charge in [0, 0.05) is 32.8 Å². The van der Waals surface area contributed by atoms with Crippen molar-refractivity contribution in [1.82, 2.24) is 10.3 Å². The van der Waals surface area contributed by atoms with Crippen LogP contribution in [0.5, 0.6) is 0 Å². The first-order valence-corrected chi connectivity index (χ1v) is 12.3. The minimum Gasteiger partial charge on any atom is -0.383 e. The van der Waals surface area contributed by atoms with E-state index in [4.69, 9.17) is 15.5 Å². The number of nitrogens with one attached hydrogen (secondary N) is 1. The monoisotopic (exact) mass is 478 g/mol. The summed E-state index contributed by atoms with van der Waals surface area (Å²) >= 11 is 1.17. The maximum Gasteiger partial charge on any atom is 0.235 e. The van der Waals surface area contributed by atoms with E-state index in [2.05, 4.69) is 22.4 Å². The molecule has 1 aromatic carbocycles. The molecule has 0 spiro atoms. The second-order valence-corrected chi connectivity index (χ2v) is 9.16. The van der Waals surface area contributed by atoms with Crippen molar-refractivity contribution in [2.45, 2.75) is 42.5 Å². The van der Waals surface area contributed by atoms with Crippen molar-refractivity contribution in [1.29, 1.82) is 10.5 Å². The predicted octanol–water partition coefficient (Wildman–Crippen LogP) is 2.91. The second kappa shape index (κ2) is 12.4. The molecule has 3 rings (SSSR count). The van der Waals surface area contributed by atoms with Crippen LogP contribution >= 0.6 is 11.8 Å². The molecule has 2 aromatic rings. The maximum atomic E-state index is 12.3. The molecule has 1 unspecified atom stereocenters. The first-order valence-electron chi connectivity index (χ1n) is 11.4. The summed E-state index contributed by atoms with van der Waals surface area (Å²) in [5.41, 5.74) is 7.91. The zero-order valence-electron chi connectivity index (χ0n) is 19.6. The number of anilines is 1. The second-order valence-electron chi connectivity index (χ2n) is 8.07. The fraction of sp³-hybridized carbons (Fsp3) is 0.440. The average Bonchev–Trinajstić information content (AvgIpc) is 2.87. The van der Waals surface area contributed by atoms with Crippen LogP contribution in [0, 0.1) is 22.7 Å². The van der Waals surface area contributed by atoms with E-state index in [1.165, 1.54) is 11.8 Å². The highest BCUT2D eigenvalue weighted by molar-refractivity contribution is 8.00. The zero-order chi connectivity index (χ0) is 24.5. The van der Waals surface area contributed by atoms with Crippen molar-refractivity contribution in [2.24, 2.45) is 5.73 Å². The Morgan fingerprint density at radius 3 is 2.50 bits per heavy atom. The summed E-state index contributed by atoms with van der Waals surface area (Å²) < 4.78 is 5.11. The van der Waals surface area contributed by atoms with Crippen LogP contribution in [0.4, 0.5) is 5.82 Å². The molecule has 0 aliphatic carbocycles. The molecule has 9 heteroatoms. The number of benzene rings is 1. The Bertz CT molecular complexity index is 1070. The number of aromatic nitrogens is 1. The molecular formula is C25H30N6O2S. The van der Waals surface area contributed by atoms with Crippen LogP contribution in [0.15, 0.2) is 35.4 Å². The van der Waals surface area contributed by atoms with E-state index in [0.717, 1.165) is 38.0 Å². The van der Waals surface area contributed by atoms with E-state index >= 15 is 0 Å². The molecule has 1 saturated heterocycles. The number of carbonyl (C=O) groups excluding carboxylic acids is 1. The predicted molar refractivity (Wildman–Crippen MR) is 132 cm³/mol. The van der Waals surface area contributed by atoms with E-state index in [1.807, 2.05) is 37.3 Å². The molecule has 3 N–H and O–H groups in total. The largest absolute Gasteiger partial charge is 0.383 e. The van der Waals surface area contributed by atoms with E-state index in [1.54, 1.807) is 7.11 Å². The molecule has 0 bridgehead atoms. The highest BCUT2D eigenvalue weighted by atomic mass is 32.2. The van der Waals surface area contributed by atoms with Gasteiger partial charge in [0.05, 0.1) is 17.7 Å². The number of nitrogens with zero attached hydrogens (tertiary/aromatic N) is 4. The van der Waals surface area contributed by atoms with Gasteiger partial charge < -0.3 is 20.7 Å². The quantitative estimate of drug-likeness (QED) is 0.394. The van der Waals surface area contributed by atoms with Crippen LogP contribution in [0.1, 0.15) is 47.3 Å². The summed E-state index contributed by atoms with van der Waals surface area (Å²) in [7, 11) is 1.69. The van der Waals surface area contributed by atoms with Gasteiger partial charge in [-0.15, -0.1) is 0 Å². The number of rotatable bonds is 10. The third kappa shape index (κ3) is 5.87. The molecule has 1 aliphatic rings. The van der Waals surface area contributed by atoms with Crippen LogP contribution in [0.2, 0.25) is 0 Å². The molecule has 8 nitrogen and oxygen atoms in total. The summed E-state index contributed by atoms with van der Waals surface area (Å²) in [6.07, 6.45) is 2.33. The lowest BCUT2D eigenvalue weighted by atomic mass is 10.00. The number of methoxy groups -OCH3 is 1. The lowest BCUT2D eigenvalue weighted by Gasteiger charge is -2.34. The van der Waals surface area contributed by atoms with E-state index < -0.39 is 11.2 Å². The number of thioether (sulfide) groups is 1. The zero-order valence-corrected chi connectivity index (χ0v) is 20.4. The van der Waals surface area contributed by atoms with E-state index in [0.29, 0.717) is 46.6 Å². The first kappa shape index (κ1) is 25.5. The topological polar surface area (TPSA) is 128 Å². The minimum absolute atomic E-state index is 0.339. The summed E-state index contributed by atoms with van der Waals surface area (Å²) in [5, 5.41) is 23.2. The van der Waals surface area contributed by atoms with Gasteiger partial charge in [0.2, 0.25) is 5.91 Å². The molecule has 0 saturated carbocycles. The molecule has 2 heterocycles. The summed E-state index contributed by atoms with van der Waals surface area (Å²) in [5.74, 6) is 0.0706. The van der Waals surface area contributed by atoms with Crippen molar-refractivity contribution in [3.63, 3.8) is 0 Å². The summed E-state index contributed by atoms with van der Waals surface area (Å²) in [4.78, 5) is 19.2. The maximum absolute atomic E-state index is 12.3. The van der Waals surface area contributed by atoms with Crippen LogP contribution in [-0.4, -0.2) is 50.3 Å². The number of hydrogen-bond donors (Lipinski definition) is 2. The molecule has 1 aliphatic heterocycles. The Balaban J connectivity index is 1.95. The minimum atomic E-state index is -0.693. The number of ether oxygens (including phenoxy) is 1. The molecule has 1 fully saturated rings. The van der Waals surface area contributed by atoms with Crippen LogP contribution in [0.3, 0.4) is 0 Å². The average molecular weight is 479 g/mol. The SMILES string of the molecule is CCc1c(C#N)c(SC(C(N)=O)c2ccccc2)nc(N2CCC(NCCOC)CC2)c1C#N. The molecule has 0 radical (unpaired) electrons. The highest BCUT2D eigenvalue weighted by Gasteiger charge is 2.29. The smallest absolute Gasteiger partial charge is 0.235 e. The van der Waals surface area contributed by atoms with E-state index in [-0.39, 0.29) is 0 Å². The van der Waals surface area contributed by atoms with Gasteiger partial charge in [0.15, 0.2) is 0 Å². The van der Waals surface area contributed by atoms with Crippen molar-refractivity contribution in [3.8, 4) is 12.1 Å². The first-order chi connectivity index (χ1) is 16.5. The van der Waals surface area contributed by atoms with Gasteiger partial charge in [-0.1, -0.05) is 49.0 Å². The Morgan fingerprint density at radius 2 is 1.94 bits per heavy atom. The third-order valence-electron chi connectivity index (χ3n) is 5.95. The van der Waals surface area contributed by atoms with Gasteiger partial charge in [-0.25, -0.2) is 4.98 Å². The number of pyridine rings is 1. The van der Waals surface area contributed by atoms with Gasteiger partial charge in [0.1, 0.15) is 28.2 Å². The fourth-order valence-electron chi connectivity index (χ4n) is 4.19. The van der Waals surface area contributed by atoms with Crippen molar-refractivity contribution < 1.29 is 9.53 Å². The number of hydrogen-bond acceptors (Lipinski definition) is 8. The van der Waals surface area contributed by atoms with Crippen molar-refractivity contribution >= 4 is 23.5 Å². The number of carbonyl (C=O) groups is 1. The highest BCUT2D eigenvalue weighted by Crippen LogP contribution is 2.39. The Labute approximate surface area is 205 Å². The Kier molecular flexibility index (Phi) is 9.29. The van der Waals surface area contributed by atoms with Crippen molar-refractivity contribution in [3.05, 3.63) is 52.6 Å². The molecule has 1 atom stereocenters. The standard InChI is InChI=1S/C25H30N6O2S/c1-3-19-20(15-26)24(31-12-9-18(10-13-31)29-11-14-33-2)30-25(21(19)16-27)34-22(23(28)32)17-7-5-4-6-8-17/h4-8,18,22,29H,3,9-14H2,1-2H3,(H2,28,32). The van der Waals surface area contributed by atoms with Crippen LogP contribution in [-0.2, 0) is 16.0 Å². The molecule has 178 valence electrons. The number of nitrogens with two attached hydrogens (primary N) is 1. The number of piperidine rings is 1. The molecular weight excluding hydrogens is 448 g/mol. The molecule has 34 heavy (non-hydrogen) atoms. The lowest BCUT2D eigenvalue weighted by Crippen LogP contribution is -2.44. The van der Waals surface area contributed by atoms with Crippen LogP contribution in [0.25, 0.3) is 0 Å². The third-order valence-corrected chi connectivity index (χ3v) is 7.21. The summed E-state index contributed by atoms with van der Waals surface area (Å²) in [6, 6.07) is 14.1. The number of nitriles is 2. The normalized spacial score (nSPS) is 14.9. The van der Waals surface area contributed by atoms with Gasteiger partial charge in [-0.3, -0.25) is 4.79 Å². The van der Waals surface area contributed by atoms with E-state index in [9.17, 15) is 15.3 Å². The lowest BCUT2D eigenvalue weighted by molar-refractivity contribution is -0.117. The Morgan fingerprint density at radius 1 is 1.26 bits per heavy atom. The van der Waals surface area contributed by atoms with Gasteiger partial charge in [-0.05, 0) is 30.4 Å². The van der Waals surface area contributed by atoms with Gasteiger partial charge in [-0.2, -0.15) is 10.5 Å². The number of amides is 1. The van der Waals surface area contributed by atoms with Crippen LogP contribution < -0.4 is 16.0 Å². The number of primary amides is 1. The van der Waals surface area contributed by atoms with Crippen molar-refractivity contribution in [2.75, 3.05) is 38.3 Å². The fourth-order valence-corrected chi connectivity index (χ4v) is 5.25. The van der Waals surface area contributed by atoms with Gasteiger partial charge in [0.25, 0.3) is 0 Å².